The minimum absolute atomic E-state index is 0.315. The van der Waals surface area contributed by atoms with E-state index in [9.17, 15) is 9.59 Å². The number of ether oxygens (including phenoxy) is 2. The van der Waals surface area contributed by atoms with Crippen molar-refractivity contribution in [2.45, 2.75) is 0 Å². The van der Waals surface area contributed by atoms with Crippen LogP contribution >= 0.6 is 27.5 Å². The molecule has 0 aliphatic rings. The van der Waals surface area contributed by atoms with E-state index in [1.807, 2.05) is 0 Å². The normalized spacial score (nSPS) is 10.4. The van der Waals surface area contributed by atoms with Crippen molar-refractivity contribution in [3.8, 4) is 5.75 Å². The molecule has 2 amide bonds. The fourth-order valence-corrected chi connectivity index (χ4v) is 3.30. The quantitative estimate of drug-likeness (QED) is 0.391. The van der Waals surface area contributed by atoms with Gasteiger partial charge < -0.3 is 20.1 Å². The van der Waals surface area contributed by atoms with Crippen LogP contribution in [0.4, 0.5) is 11.4 Å². The first kappa shape index (κ1) is 22.8. The summed E-state index contributed by atoms with van der Waals surface area (Å²) in [6.45, 7) is 0.721. The third kappa shape index (κ3) is 6.55. The van der Waals surface area contributed by atoms with Crippen molar-refractivity contribution in [3.05, 3.63) is 87.4 Å². The molecule has 0 aliphatic heterocycles. The smallest absolute Gasteiger partial charge is 0.259 e. The number of hydrogen-bond acceptors (Lipinski definition) is 4. The van der Waals surface area contributed by atoms with Crippen molar-refractivity contribution in [1.29, 1.82) is 0 Å². The second kappa shape index (κ2) is 10.9. The second-order valence-electron chi connectivity index (χ2n) is 6.48. The Labute approximate surface area is 193 Å². The summed E-state index contributed by atoms with van der Waals surface area (Å²) in [5.74, 6) is -0.238. The van der Waals surface area contributed by atoms with Gasteiger partial charge in [0, 0.05) is 33.5 Å². The van der Waals surface area contributed by atoms with E-state index in [-0.39, 0.29) is 11.8 Å². The van der Waals surface area contributed by atoms with Crippen LogP contribution in [-0.2, 0) is 4.74 Å². The molecule has 160 valence electrons. The molecule has 3 rings (SSSR count). The number of nitrogens with one attached hydrogen (secondary N) is 2. The molecule has 0 fully saturated rings. The molecule has 6 nitrogen and oxygen atoms in total. The zero-order valence-corrected chi connectivity index (χ0v) is 19.0. The van der Waals surface area contributed by atoms with Gasteiger partial charge in [-0.05, 0) is 54.6 Å². The average Bonchev–Trinajstić information content (AvgIpc) is 2.75. The molecule has 0 saturated carbocycles. The molecule has 0 heterocycles. The lowest BCUT2D eigenvalue weighted by molar-refractivity contribution is 0.101. The van der Waals surface area contributed by atoms with Crippen molar-refractivity contribution in [2.24, 2.45) is 0 Å². The fraction of sp³-hybridized carbons (Fsp3) is 0.130. The van der Waals surface area contributed by atoms with Crippen molar-refractivity contribution >= 4 is 50.7 Å². The van der Waals surface area contributed by atoms with Crippen LogP contribution in [0.15, 0.2) is 71.2 Å². The number of benzene rings is 3. The Kier molecular flexibility index (Phi) is 8.06. The summed E-state index contributed by atoms with van der Waals surface area (Å²) in [5.41, 5.74) is 1.81. The molecule has 31 heavy (non-hydrogen) atoms. The molecule has 3 aromatic carbocycles. The zero-order chi connectivity index (χ0) is 22.2. The fourth-order valence-electron chi connectivity index (χ4n) is 2.75. The van der Waals surface area contributed by atoms with E-state index in [0.29, 0.717) is 46.5 Å². The number of methoxy groups -OCH3 is 1. The van der Waals surface area contributed by atoms with Crippen LogP contribution in [-0.4, -0.2) is 32.1 Å². The van der Waals surface area contributed by atoms with Crippen molar-refractivity contribution in [2.75, 3.05) is 31.0 Å². The molecule has 0 spiro atoms. The van der Waals surface area contributed by atoms with Gasteiger partial charge in [-0.2, -0.15) is 0 Å². The zero-order valence-electron chi connectivity index (χ0n) is 16.7. The molecule has 2 N–H and O–H groups in total. The van der Waals surface area contributed by atoms with Gasteiger partial charge in [0.15, 0.2) is 0 Å². The minimum atomic E-state index is -0.360. The first-order chi connectivity index (χ1) is 15.0. The van der Waals surface area contributed by atoms with Crippen LogP contribution in [0.5, 0.6) is 5.75 Å². The van der Waals surface area contributed by atoms with Gasteiger partial charge in [-0.15, -0.1) is 0 Å². The van der Waals surface area contributed by atoms with Gasteiger partial charge in [0.1, 0.15) is 12.4 Å². The Morgan fingerprint density at radius 1 is 0.903 bits per heavy atom. The summed E-state index contributed by atoms with van der Waals surface area (Å²) in [4.78, 5) is 25.4. The molecule has 3 aromatic rings. The minimum Gasteiger partial charge on any atom is -0.490 e. The lowest BCUT2D eigenvalue weighted by atomic mass is 10.1. The van der Waals surface area contributed by atoms with Gasteiger partial charge in [-0.3, -0.25) is 9.59 Å². The molecular formula is C23H20BrClN2O4. The van der Waals surface area contributed by atoms with Crippen LogP contribution in [0.25, 0.3) is 0 Å². The highest BCUT2D eigenvalue weighted by Gasteiger charge is 2.15. The molecule has 0 bridgehead atoms. The Morgan fingerprint density at radius 2 is 1.61 bits per heavy atom. The maximum absolute atomic E-state index is 12.9. The van der Waals surface area contributed by atoms with Gasteiger partial charge in [0.2, 0.25) is 0 Å². The molecule has 0 radical (unpaired) electrons. The highest BCUT2D eigenvalue weighted by molar-refractivity contribution is 9.10. The summed E-state index contributed by atoms with van der Waals surface area (Å²) in [6, 6.07) is 18.7. The Morgan fingerprint density at radius 3 is 2.35 bits per heavy atom. The van der Waals surface area contributed by atoms with Gasteiger partial charge in [0.25, 0.3) is 11.8 Å². The number of halogens is 2. The first-order valence-corrected chi connectivity index (χ1v) is 10.5. The van der Waals surface area contributed by atoms with Crippen LogP contribution < -0.4 is 15.4 Å². The molecular weight excluding hydrogens is 484 g/mol. The predicted molar refractivity (Wildman–Crippen MR) is 125 cm³/mol. The topological polar surface area (TPSA) is 76.7 Å². The Hall–Kier alpha value is -2.87. The largest absolute Gasteiger partial charge is 0.490 e. The standard InChI is InChI=1S/C23H20BrClN2O4/c1-30-10-11-31-21-9-8-16(24)13-20(21)23(29)27-18-6-2-4-15(12-18)22(28)26-19-7-3-5-17(25)14-19/h2-9,12-14H,10-11H2,1H3,(H,26,28)(H,27,29). The number of carbonyl (C=O) groups excluding carboxylic acids is 2. The van der Waals surface area contributed by atoms with Crippen LogP contribution in [0.2, 0.25) is 5.02 Å². The summed E-state index contributed by atoms with van der Waals surface area (Å²) < 4.78 is 11.4. The summed E-state index contributed by atoms with van der Waals surface area (Å²) >= 11 is 9.34. The van der Waals surface area contributed by atoms with Crippen LogP contribution in [0.3, 0.4) is 0 Å². The van der Waals surface area contributed by atoms with E-state index in [0.717, 1.165) is 4.47 Å². The lowest BCUT2D eigenvalue weighted by Crippen LogP contribution is -2.16. The van der Waals surface area contributed by atoms with Crippen molar-refractivity contribution < 1.29 is 19.1 Å². The predicted octanol–water partition coefficient (Wildman–Crippen LogP) is 5.63. The van der Waals surface area contributed by atoms with E-state index in [1.165, 1.54) is 0 Å². The van der Waals surface area contributed by atoms with Gasteiger partial charge in [0.05, 0.1) is 12.2 Å². The average molecular weight is 504 g/mol. The molecule has 8 heteroatoms. The Bertz CT molecular complexity index is 1090. The molecule has 0 atom stereocenters. The third-order valence-electron chi connectivity index (χ3n) is 4.20. The van der Waals surface area contributed by atoms with Crippen LogP contribution in [0, 0.1) is 0 Å². The molecule has 0 saturated heterocycles. The maximum Gasteiger partial charge on any atom is 0.259 e. The summed E-state index contributed by atoms with van der Waals surface area (Å²) in [5, 5.41) is 6.12. The highest BCUT2D eigenvalue weighted by atomic mass is 79.9. The molecule has 0 aliphatic carbocycles. The van der Waals surface area contributed by atoms with Gasteiger partial charge in [-0.25, -0.2) is 0 Å². The summed E-state index contributed by atoms with van der Waals surface area (Å²) in [7, 11) is 1.58. The van der Waals surface area contributed by atoms with E-state index in [2.05, 4.69) is 26.6 Å². The Balaban J connectivity index is 1.74. The van der Waals surface area contributed by atoms with Gasteiger partial charge in [-0.1, -0.05) is 39.7 Å². The number of carbonyl (C=O) groups is 2. The van der Waals surface area contributed by atoms with E-state index in [1.54, 1.807) is 73.8 Å². The summed E-state index contributed by atoms with van der Waals surface area (Å²) in [6.07, 6.45) is 0. The second-order valence-corrected chi connectivity index (χ2v) is 7.83. The number of hydrogen-bond donors (Lipinski definition) is 2. The monoisotopic (exact) mass is 502 g/mol. The van der Waals surface area contributed by atoms with E-state index in [4.69, 9.17) is 21.1 Å². The van der Waals surface area contributed by atoms with Crippen molar-refractivity contribution in [1.82, 2.24) is 0 Å². The van der Waals surface area contributed by atoms with Gasteiger partial charge >= 0.3 is 0 Å². The van der Waals surface area contributed by atoms with E-state index >= 15 is 0 Å². The number of amides is 2. The lowest BCUT2D eigenvalue weighted by Gasteiger charge is -2.13. The van der Waals surface area contributed by atoms with E-state index < -0.39 is 0 Å². The SMILES string of the molecule is COCCOc1ccc(Br)cc1C(=O)Nc1cccc(C(=O)Nc2cccc(Cl)c2)c1. The number of rotatable bonds is 8. The molecule has 0 unspecified atom stereocenters. The van der Waals surface area contributed by atoms with Crippen LogP contribution in [0.1, 0.15) is 20.7 Å². The first-order valence-electron chi connectivity index (χ1n) is 9.36. The highest BCUT2D eigenvalue weighted by Crippen LogP contribution is 2.25. The maximum atomic E-state index is 12.9. The van der Waals surface area contributed by atoms with Crippen molar-refractivity contribution in [3.63, 3.8) is 0 Å². The third-order valence-corrected chi connectivity index (χ3v) is 4.92. The number of anilines is 2. The molecule has 0 aromatic heterocycles.